The molecular formula is C11H15ClN2O2. The first kappa shape index (κ1) is 12.9. The smallest absolute Gasteiger partial charge is 0.269 e. The van der Waals surface area contributed by atoms with Gasteiger partial charge in [-0.3, -0.25) is 10.1 Å². The van der Waals surface area contributed by atoms with E-state index in [9.17, 15) is 10.1 Å². The van der Waals surface area contributed by atoms with Crippen molar-refractivity contribution in [3.63, 3.8) is 0 Å². The van der Waals surface area contributed by atoms with E-state index in [-0.39, 0.29) is 11.7 Å². The summed E-state index contributed by atoms with van der Waals surface area (Å²) in [6.07, 6.45) is 0.969. The second-order valence-corrected chi connectivity index (χ2v) is 3.87. The highest BCUT2D eigenvalue weighted by molar-refractivity contribution is 6.18. The van der Waals surface area contributed by atoms with Gasteiger partial charge in [-0.2, -0.15) is 0 Å². The SMILES string of the molecule is CC[C@H](CCl)NCc1ccc([N+](=O)[O-])cc1. The van der Waals surface area contributed by atoms with Gasteiger partial charge in [-0.05, 0) is 12.0 Å². The Hall–Kier alpha value is -1.13. The molecule has 0 aliphatic carbocycles. The topological polar surface area (TPSA) is 55.2 Å². The molecule has 0 saturated carbocycles. The van der Waals surface area contributed by atoms with Crippen LogP contribution in [0.4, 0.5) is 5.69 Å². The van der Waals surface area contributed by atoms with Crippen molar-refractivity contribution < 1.29 is 4.92 Å². The minimum Gasteiger partial charge on any atom is -0.309 e. The molecule has 1 rings (SSSR count). The number of alkyl halides is 1. The van der Waals surface area contributed by atoms with Crippen LogP contribution in [0.25, 0.3) is 0 Å². The number of nitrogens with zero attached hydrogens (tertiary/aromatic N) is 1. The molecule has 0 aliphatic heterocycles. The first-order valence-corrected chi connectivity index (χ1v) is 5.73. The molecule has 1 atom stereocenters. The highest BCUT2D eigenvalue weighted by Crippen LogP contribution is 2.11. The van der Waals surface area contributed by atoms with E-state index in [0.717, 1.165) is 12.0 Å². The maximum Gasteiger partial charge on any atom is 0.269 e. The van der Waals surface area contributed by atoms with E-state index in [2.05, 4.69) is 12.2 Å². The minimum atomic E-state index is -0.398. The molecule has 0 fully saturated rings. The van der Waals surface area contributed by atoms with Crippen LogP contribution < -0.4 is 5.32 Å². The van der Waals surface area contributed by atoms with Gasteiger partial charge in [0.05, 0.1) is 4.92 Å². The van der Waals surface area contributed by atoms with Gasteiger partial charge in [-0.25, -0.2) is 0 Å². The Morgan fingerprint density at radius 1 is 1.44 bits per heavy atom. The molecule has 0 bridgehead atoms. The van der Waals surface area contributed by atoms with E-state index in [4.69, 9.17) is 11.6 Å². The average molecular weight is 243 g/mol. The molecule has 1 N–H and O–H groups in total. The van der Waals surface area contributed by atoms with E-state index < -0.39 is 4.92 Å². The first-order chi connectivity index (χ1) is 7.67. The lowest BCUT2D eigenvalue weighted by Gasteiger charge is -2.13. The number of hydrogen-bond acceptors (Lipinski definition) is 3. The summed E-state index contributed by atoms with van der Waals surface area (Å²) in [5, 5.41) is 13.7. The number of hydrogen-bond donors (Lipinski definition) is 1. The summed E-state index contributed by atoms with van der Waals surface area (Å²) in [5.41, 5.74) is 1.14. The fourth-order valence-corrected chi connectivity index (χ4v) is 1.63. The lowest BCUT2D eigenvalue weighted by Crippen LogP contribution is -2.29. The number of halogens is 1. The van der Waals surface area contributed by atoms with Crippen LogP contribution in [0.1, 0.15) is 18.9 Å². The summed E-state index contributed by atoms with van der Waals surface area (Å²) >= 11 is 5.75. The third-order valence-electron chi connectivity index (χ3n) is 2.42. The van der Waals surface area contributed by atoms with Crippen molar-refractivity contribution in [3.05, 3.63) is 39.9 Å². The minimum absolute atomic E-state index is 0.119. The molecule has 0 aromatic heterocycles. The van der Waals surface area contributed by atoms with Crippen LogP contribution in [-0.4, -0.2) is 16.8 Å². The molecule has 0 amide bonds. The molecule has 0 saturated heterocycles. The molecule has 5 heteroatoms. The summed E-state index contributed by atoms with van der Waals surface area (Å²) in [6, 6.07) is 6.83. The van der Waals surface area contributed by atoms with Crippen LogP contribution in [0, 0.1) is 10.1 Å². The van der Waals surface area contributed by atoms with Crippen molar-refractivity contribution in [3.8, 4) is 0 Å². The molecule has 16 heavy (non-hydrogen) atoms. The van der Waals surface area contributed by atoms with Gasteiger partial charge in [-0.1, -0.05) is 19.1 Å². The van der Waals surface area contributed by atoms with Crippen LogP contribution in [-0.2, 0) is 6.54 Å². The number of rotatable bonds is 6. The fraction of sp³-hybridized carbons (Fsp3) is 0.455. The first-order valence-electron chi connectivity index (χ1n) is 5.20. The van der Waals surface area contributed by atoms with E-state index in [1.807, 2.05) is 0 Å². The highest BCUT2D eigenvalue weighted by Gasteiger charge is 2.06. The number of nitrogens with one attached hydrogen (secondary N) is 1. The number of nitro groups is 1. The second-order valence-electron chi connectivity index (χ2n) is 3.56. The number of non-ortho nitro benzene ring substituents is 1. The predicted octanol–water partition coefficient (Wildman–Crippen LogP) is 2.70. The van der Waals surface area contributed by atoms with Gasteiger partial charge in [0.15, 0.2) is 0 Å². The van der Waals surface area contributed by atoms with Crippen molar-refractivity contribution in [1.29, 1.82) is 0 Å². The van der Waals surface area contributed by atoms with E-state index >= 15 is 0 Å². The Morgan fingerprint density at radius 3 is 2.50 bits per heavy atom. The summed E-state index contributed by atoms with van der Waals surface area (Å²) in [4.78, 5) is 10.0. The Morgan fingerprint density at radius 2 is 2.06 bits per heavy atom. The molecule has 0 aliphatic rings. The van der Waals surface area contributed by atoms with Gasteiger partial charge < -0.3 is 5.32 Å². The predicted molar refractivity (Wildman–Crippen MR) is 64.7 cm³/mol. The van der Waals surface area contributed by atoms with Crippen LogP contribution in [0.3, 0.4) is 0 Å². The zero-order valence-corrected chi connectivity index (χ0v) is 9.91. The summed E-state index contributed by atoms with van der Waals surface area (Å²) < 4.78 is 0. The van der Waals surface area contributed by atoms with Gasteiger partial charge in [0.2, 0.25) is 0 Å². The molecule has 0 heterocycles. The van der Waals surface area contributed by atoms with Crippen molar-refractivity contribution >= 4 is 17.3 Å². The Labute approximate surface area is 99.8 Å². The normalized spacial score (nSPS) is 12.4. The van der Waals surface area contributed by atoms with Crippen molar-refractivity contribution in [2.45, 2.75) is 25.9 Å². The third-order valence-corrected chi connectivity index (χ3v) is 2.79. The van der Waals surface area contributed by atoms with Gasteiger partial charge in [0.25, 0.3) is 5.69 Å². The lowest BCUT2D eigenvalue weighted by molar-refractivity contribution is -0.384. The molecule has 1 aromatic rings. The molecule has 88 valence electrons. The Bertz CT molecular complexity index is 336. The standard InChI is InChI=1S/C11H15ClN2O2/c1-2-10(7-12)13-8-9-3-5-11(6-4-9)14(15)16/h3-6,10,13H,2,7-8H2,1H3/t10-/m1/s1. The van der Waals surface area contributed by atoms with Gasteiger partial charge in [0.1, 0.15) is 0 Å². The second kappa shape index (κ2) is 6.45. The molecule has 0 spiro atoms. The molecule has 4 nitrogen and oxygen atoms in total. The van der Waals surface area contributed by atoms with Crippen LogP contribution in [0.15, 0.2) is 24.3 Å². The van der Waals surface area contributed by atoms with E-state index in [1.54, 1.807) is 12.1 Å². The summed E-state index contributed by atoms with van der Waals surface area (Å²) in [6.45, 7) is 2.75. The van der Waals surface area contributed by atoms with Crippen LogP contribution >= 0.6 is 11.6 Å². The van der Waals surface area contributed by atoms with Crippen molar-refractivity contribution in [2.24, 2.45) is 0 Å². The monoisotopic (exact) mass is 242 g/mol. The maximum absolute atomic E-state index is 10.4. The molecule has 0 unspecified atom stereocenters. The number of benzene rings is 1. The van der Waals surface area contributed by atoms with Gasteiger partial charge >= 0.3 is 0 Å². The van der Waals surface area contributed by atoms with E-state index in [0.29, 0.717) is 12.4 Å². The summed E-state index contributed by atoms with van der Waals surface area (Å²) in [5.74, 6) is 0.573. The molecule has 0 radical (unpaired) electrons. The highest BCUT2D eigenvalue weighted by atomic mass is 35.5. The lowest BCUT2D eigenvalue weighted by atomic mass is 10.2. The van der Waals surface area contributed by atoms with Crippen LogP contribution in [0.2, 0.25) is 0 Å². The largest absolute Gasteiger partial charge is 0.309 e. The van der Waals surface area contributed by atoms with Crippen LogP contribution in [0.5, 0.6) is 0 Å². The Balaban J connectivity index is 2.52. The Kier molecular flexibility index (Phi) is 5.22. The summed E-state index contributed by atoms with van der Waals surface area (Å²) in [7, 11) is 0. The van der Waals surface area contributed by atoms with Gasteiger partial charge in [-0.15, -0.1) is 11.6 Å². The zero-order valence-electron chi connectivity index (χ0n) is 9.15. The number of nitro benzene ring substituents is 1. The third kappa shape index (κ3) is 3.79. The van der Waals surface area contributed by atoms with Gasteiger partial charge in [0, 0.05) is 30.6 Å². The maximum atomic E-state index is 10.4. The van der Waals surface area contributed by atoms with E-state index in [1.165, 1.54) is 12.1 Å². The quantitative estimate of drug-likeness (QED) is 0.474. The zero-order chi connectivity index (χ0) is 12.0. The fourth-order valence-electron chi connectivity index (χ4n) is 1.31. The van der Waals surface area contributed by atoms with Crippen molar-refractivity contribution in [2.75, 3.05) is 5.88 Å². The molecular weight excluding hydrogens is 228 g/mol. The average Bonchev–Trinajstić information content (AvgIpc) is 2.31. The van der Waals surface area contributed by atoms with Crippen molar-refractivity contribution in [1.82, 2.24) is 5.32 Å². The molecule has 1 aromatic carbocycles.